The largest absolute Gasteiger partial charge is 0.466 e. The van der Waals surface area contributed by atoms with Crippen LogP contribution in [0.1, 0.15) is 17.9 Å². The number of benzene rings is 1. The molecular weight excluding hydrogens is 297 g/mol. The summed E-state index contributed by atoms with van der Waals surface area (Å²) in [5.41, 5.74) is 1.05. The van der Waals surface area contributed by atoms with Crippen molar-refractivity contribution >= 4 is 29.7 Å². The van der Waals surface area contributed by atoms with Crippen LogP contribution >= 0.6 is 23.2 Å². The molecule has 1 aromatic carbocycles. The molecule has 1 rings (SSSR count). The first-order valence-electron chi connectivity index (χ1n) is 6.28. The van der Waals surface area contributed by atoms with E-state index in [1.54, 1.807) is 6.07 Å². The van der Waals surface area contributed by atoms with Gasteiger partial charge in [0.2, 0.25) is 0 Å². The highest BCUT2D eigenvalue weighted by atomic mass is 35.5. The lowest BCUT2D eigenvalue weighted by molar-refractivity contribution is -0.130. The molecule has 0 saturated heterocycles. The Bertz CT molecular complexity index is 463. The van der Waals surface area contributed by atoms with Crippen LogP contribution in [-0.2, 0) is 9.53 Å². The lowest BCUT2D eigenvalue weighted by Gasteiger charge is -2.31. The maximum Gasteiger partial charge on any atom is 0.293 e. The third kappa shape index (κ3) is 4.51. The summed E-state index contributed by atoms with van der Waals surface area (Å²) >= 11 is 12.0. The molecular formula is C15H19Cl2NO2. The molecule has 0 fully saturated rings. The van der Waals surface area contributed by atoms with Crippen LogP contribution in [0, 0.1) is 0 Å². The summed E-state index contributed by atoms with van der Waals surface area (Å²) in [6.07, 6.45) is 2.60. The van der Waals surface area contributed by atoms with Crippen molar-refractivity contribution in [1.82, 2.24) is 4.90 Å². The van der Waals surface area contributed by atoms with Crippen molar-refractivity contribution in [3.8, 4) is 0 Å². The van der Waals surface area contributed by atoms with Gasteiger partial charge in [-0.15, -0.1) is 6.58 Å². The van der Waals surface area contributed by atoms with Gasteiger partial charge in [0.15, 0.2) is 0 Å². The van der Waals surface area contributed by atoms with E-state index in [1.807, 2.05) is 37.2 Å². The molecule has 0 aliphatic carbocycles. The van der Waals surface area contributed by atoms with E-state index >= 15 is 0 Å². The smallest absolute Gasteiger partial charge is 0.293 e. The summed E-state index contributed by atoms with van der Waals surface area (Å²) < 4.78 is 4.94. The summed E-state index contributed by atoms with van der Waals surface area (Å²) in [6, 6.07) is 5.62. The van der Waals surface area contributed by atoms with Crippen LogP contribution in [0.4, 0.5) is 0 Å². The molecule has 2 unspecified atom stereocenters. The highest BCUT2D eigenvalue weighted by molar-refractivity contribution is 6.42. The first-order chi connectivity index (χ1) is 9.51. The predicted molar refractivity (Wildman–Crippen MR) is 83.5 cm³/mol. The highest BCUT2D eigenvalue weighted by Gasteiger charge is 2.25. The fourth-order valence-electron chi connectivity index (χ4n) is 2.20. The zero-order valence-corrected chi connectivity index (χ0v) is 13.2. The Morgan fingerprint density at radius 1 is 1.35 bits per heavy atom. The fourth-order valence-corrected chi connectivity index (χ4v) is 2.51. The molecule has 0 aliphatic heterocycles. The molecule has 0 aliphatic rings. The Balaban J connectivity index is 3.08. The number of rotatable bonds is 8. The molecule has 0 bridgehead atoms. The Hall–Kier alpha value is -1.03. The maximum absolute atomic E-state index is 10.4. The second-order valence-electron chi connectivity index (χ2n) is 4.76. The van der Waals surface area contributed by atoms with Crippen LogP contribution in [0.3, 0.4) is 0 Å². The second kappa shape index (κ2) is 8.30. The van der Waals surface area contributed by atoms with Gasteiger partial charge in [0, 0.05) is 5.92 Å². The molecule has 3 nitrogen and oxygen atoms in total. The molecule has 0 N–H and O–H groups in total. The summed E-state index contributed by atoms with van der Waals surface area (Å²) in [4.78, 5) is 12.5. The van der Waals surface area contributed by atoms with Gasteiger partial charge in [-0.2, -0.15) is 0 Å². The molecule has 0 heterocycles. The van der Waals surface area contributed by atoms with Crippen molar-refractivity contribution in [2.75, 3.05) is 20.7 Å². The fraction of sp³-hybridized carbons (Fsp3) is 0.400. The van der Waals surface area contributed by atoms with E-state index in [0.29, 0.717) is 23.1 Å². The third-order valence-corrected chi connectivity index (χ3v) is 3.99. The molecule has 110 valence electrons. The third-order valence-electron chi connectivity index (χ3n) is 3.26. The van der Waals surface area contributed by atoms with E-state index in [1.165, 1.54) is 0 Å². The van der Waals surface area contributed by atoms with E-state index in [2.05, 4.69) is 6.58 Å². The molecule has 0 amide bonds. The molecule has 0 radical (unpaired) electrons. The second-order valence-corrected chi connectivity index (χ2v) is 5.58. The van der Waals surface area contributed by atoms with Gasteiger partial charge in [0.25, 0.3) is 6.47 Å². The van der Waals surface area contributed by atoms with E-state index in [0.717, 1.165) is 12.0 Å². The van der Waals surface area contributed by atoms with Gasteiger partial charge in [-0.3, -0.25) is 4.79 Å². The van der Waals surface area contributed by atoms with Crippen LogP contribution in [0.25, 0.3) is 0 Å². The predicted octanol–water partition coefficient (Wildman–Crippen LogP) is 3.76. The van der Waals surface area contributed by atoms with Gasteiger partial charge < -0.3 is 9.64 Å². The van der Waals surface area contributed by atoms with Crippen LogP contribution in [0.5, 0.6) is 0 Å². The standard InChI is InChI=1S/C15H19Cl2NO2/c1-4-5-12(15(18(2)3)9-20-10-19)11-6-7-13(16)14(17)8-11/h4,6-8,10,12,15H,1,5,9H2,2-3H3. The monoisotopic (exact) mass is 315 g/mol. The van der Waals surface area contributed by atoms with E-state index < -0.39 is 0 Å². The summed E-state index contributed by atoms with van der Waals surface area (Å²) in [5, 5.41) is 1.05. The summed E-state index contributed by atoms with van der Waals surface area (Å²) in [6.45, 7) is 4.58. The Kier molecular flexibility index (Phi) is 7.06. The zero-order valence-electron chi connectivity index (χ0n) is 11.7. The maximum atomic E-state index is 10.4. The number of hydrogen-bond donors (Lipinski definition) is 0. The molecule has 0 aromatic heterocycles. The molecule has 20 heavy (non-hydrogen) atoms. The number of allylic oxidation sites excluding steroid dienone is 1. The van der Waals surface area contributed by atoms with Crippen molar-refractivity contribution in [3.63, 3.8) is 0 Å². The Morgan fingerprint density at radius 2 is 2.05 bits per heavy atom. The van der Waals surface area contributed by atoms with Crippen molar-refractivity contribution in [2.45, 2.75) is 18.4 Å². The molecule has 0 spiro atoms. The van der Waals surface area contributed by atoms with Gasteiger partial charge in [-0.05, 0) is 38.2 Å². The normalized spacial score (nSPS) is 13.8. The Labute approximate surface area is 130 Å². The molecule has 1 aromatic rings. The highest BCUT2D eigenvalue weighted by Crippen LogP contribution is 2.31. The number of nitrogens with zero attached hydrogens (tertiary/aromatic N) is 1. The minimum atomic E-state index is 0.0374. The minimum absolute atomic E-state index is 0.0374. The quantitative estimate of drug-likeness (QED) is 0.540. The summed E-state index contributed by atoms with van der Waals surface area (Å²) in [5.74, 6) is 0.122. The summed E-state index contributed by atoms with van der Waals surface area (Å²) in [7, 11) is 3.90. The molecule has 0 saturated carbocycles. The number of likely N-dealkylation sites (N-methyl/N-ethyl adjacent to an activating group) is 1. The van der Waals surface area contributed by atoms with Crippen LogP contribution in [-0.4, -0.2) is 38.1 Å². The lowest BCUT2D eigenvalue weighted by Crippen LogP contribution is -2.38. The number of hydrogen-bond acceptors (Lipinski definition) is 3. The van der Waals surface area contributed by atoms with Gasteiger partial charge in [-0.25, -0.2) is 0 Å². The van der Waals surface area contributed by atoms with Gasteiger partial charge in [0.1, 0.15) is 6.61 Å². The average molecular weight is 316 g/mol. The molecule has 2 atom stereocenters. The average Bonchev–Trinajstić information content (AvgIpc) is 2.41. The van der Waals surface area contributed by atoms with Crippen molar-refractivity contribution in [3.05, 3.63) is 46.5 Å². The van der Waals surface area contributed by atoms with Gasteiger partial charge in [-0.1, -0.05) is 35.3 Å². The van der Waals surface area contributed by atoms with Crippen LogP contribution in [0.2, 0.25) is 10.0 Å². The first kappa shape index (κ1) is 17.0. The first-order valence-corrected chi connectivity index (χ1v) is 7.04. The molecule has 5 heteroatoms. The zero-order chi connectivity index (χ0) is 15.1. The van der Waals surface area contributed by atoms with Crippen molar-refractivity contribution in [2.24, 2.45) is 0 Å². The van der Waals surface area contributed by atoms with E-state index in [9.17, 15) is 4.79 Å². The van der Waals surface area contributed by atoms with Gasteiger partial charge >= 0.3 is 0 Å². The van der Waals surface area contributed by atoms with Gasteiger partial charge in [0.05, 0.1) is 16.1 Å². The topological polar surface area (TPSA) is 29.5 Å². The van der Waals surface area contributed by atoms with Crippen molar-refractivity contribution < 1.29 is 9.53 Å². The SMILES string of the molecule is C=CCC(c1ccc(Cl)c(Cl)c1)C(COC=O)N(C)C. The van der Waals surface area contributed by atoms with Crippen LogP contribution in [0.15, 0.2) is 30.9 Å². The van der Waals surface area contributed by atoms with Crippen LogP contribution < -0.4 is 0 Å². The number of carbonyl (C=O) groups excluding carboxylic acids is 1. The lowest BCUT2D eigenvalue weighted by atomic mass is 9.88. The van der Waals surface area contributed by atoms with E-state index in [4.69, 9.17) is 27.9 Å². The number of ether oxygens (including phenoxy) is 1. The Morgan fingerprint density at radius 3 is 2.55 bits per heavy atom. The number of carbonyl (C=O) groups is 1. The number of halogens is 2. The van der Waals surface area contributed by atoms with Crippen molar-refractivity contribution in [1.29, 1.82) is 0 Å². The minimum Gasteiger partial charge on any atom is -0.466 e. The van der Waals surface area contributed by atoms with E-state index in [-0.39, 0.29) is 12.0 Å².